The van der Waals surface area contributed by atoms with Crippen LogP contribution in [-0.2, 0) is 33.3 Å². The van der Waals surface area contributed by atoms with E-state index in [0.29, 0.717) is 19.4 Å². The van der Waals surface area contributed by atoms with E-state index in [0.717, 1.165) is 0 Å². The number of Topliss-reactive ketones (excluding diaryl/α,β-unsaturated/α-hetero) is 1. The molecular formula is C15H22O7. The number of esters is 1. The van der Waals surface area contributed by atoms with Crippen molar-refractivity contribution in [3.05, 3.63) is 0 Å². The molecule has 3 heterocycles. The summed E-state index contributed by atoms with van der Waals surface area (Å²) in [6, 6.07) is 0. The highest BCUT2D eigenvalue weighted by Crippen LogP contribution is 2.35. The Labute approximate surface area is 129 Å². The van der Waals surface area contributed by atoms with Crippen molar-refractivity contribution >= 4 is 11.8 Å². The Balaban J connectivity index is 1.68. The van der Waals surface area contributed by atoms with Crippen LogP contribution in [0.15, 0.2) is 0 Å². The summed E-state index contributed by atoms with van der Waals surface area (Å²) in [6.45, 7) is 3.87. The lowest BCUT2D eigenvalue weighted by Crippen LogP contribution is -2.64. The van der Waals surface area contributed by atoms with Crippen molar-refractivity contribution in [3.8, 4) is 0 Å². The van der Waals surface area contributed by atoms with Crippen LogP contribution in [0.25, 0.3) is 0 Å². The maximum Gasteiger partial charge on any atom is 0.308 e. The number of carbonyl (C=O) groups is 2. The van der Waals surface area contributed by atoms with Gasteiger partial charge in [-0.05, 0) is 26.7 Å². The van der Waals surface area contributed by atoms with Gasteiger partial charge in [0.15, 0.2) is 17.7 Å². The fourth-order valence-corrected chi connectivity index (χ4v) is 3.20. The molecular weight excluding hydrogens is 292 g/mol. The van der Waals surface area contributed by atoms with Crippen LogP contribution in [0.3, 0.4) is 0 Å². The predicted octanol–water partition coefficient (Wildman–Crippen LogP) is 0.585. The molecule has 0 aromatic rings. The first-order valence-electron chi connectivity index (χ1n) is 7.63. The molecule has 22 heavy (non-hydrogen) atoms. The fourth-order valence-electron chi connectivity index (χ4n) is 3.20. The van der Waals surface area contributed by atoms with Crippen LogP contribution in [0.1, 0.15) is 33.1 Å². The molecule has 3 saturated heterocycles. The van der Waals surface area contributed by atoms with E-state index in [-0.39, 0.29) is 36.5 Å². The van der Waals surface area contributed by atoms with Crippen LogP contribution in [0.4, 0.5) is 0 Å². The zero-order chi connectivity index (χ0) is 15.9. The van der Waals surface area contributed by atoms with Gasteiger partial charge in [-0.25, -0.2) is 0 Å². The number of fused-ring (bicyclic) bond motifs is 2. The van der Waals surface area contributed by atoms with Gasteiger partial charge in [0.1, 0.15) is 12.2 Å². The van der Waals surface area contributed by atoms with Crippen molar-refractivity contribution in [1.82, 2.24) is 0 Å². The van der Waals surface area contributed by atoms with Crippen molar-refractivity contribution in [2.75, 3.05) is 13.7 Å². The van der Waals surface area contributed by atoms with Crippen molar-refractivity contribution in [2.24, 2.45) is 0 Å². The zero-order valence-electron chi connectivity index (χ0n) is 13.1. The second kappa shape index (κ2) is 5.88. The molecule has 0 aromatic heterocycles. The quantitative estimate of drug-likeness (QED) is 0.690. The molecule has 5 atom stereocenters. The van der Waals surface area contributed by atoms with E-state index in [1.54, 1.807) is 13.8 Å². The summed E-state index contributed by atoms with van der Waals surface area (Å²) in [5.41, 5.74) is 0. The smallest absolute Gasteiger partial charge is 0.308 e. The summed E-state index contributed by atoms with van der Waals surface area (Å²) < 4.78 is 27.6. The molecule has 0 aliphatic carbocycles. The third kappa shape index (κ3) is 3.03. The fraction of sp³-hybridized carbons (Fsp3) is 0.867. The summed E-state index contributed by atoms with van der Waals surface area (Å²) in [7, 11) is 1.34. The minimum Gasteiger partial charge on any atom is -0.469 e. The molecule has 7 nitrogen and oxygen atoms in total. The second-order valence-corrected chi connectivity index (χ2v) is 6.40. The topological polar surface area (TPSA) is 80.3 Å². The van der Waals surface area contributed by atoms with Crippen LogP contribution in [0.2, 0.25) is 0 Å². The molecule has 0 spiro atoms. The summed E-state index contributed by atoms with van der Waals surface area (Å²) in [5, 5.41) is 0. The van der Waals surface area contributed by atoms with Crippen molar-refractivity contribution in [2.45, 2.75) is 69.4 Å². The standard InChI is InChI=1S/C15H22O7/c1-15(2)19-7-10-14(22-15)12(17)13-9(21-10)5-4-8(20-13)6-11(16)18-3/h8-10,13-14H,4-7H2,1-3H3/t8?,9-,10-,13-,14+/m0/s1. The largest absolute Gasteiger partial charge is 0.469 e. The molecule has 0 aromatic carbocycles. The van der Waals surface area contributed by atoms with Gasteiger partial charge in [-0.3, -0.25) is 9.59 Å². The van der Waals surface area contributed by atoms with Crippen LogP contribution in [0, 0.1) is 0 Å². The van der Waals surface area contributed by atoms with Crippen molar-refractivity contribution < 1.29 is 33.3 Å². The first-order chi connectivity index (χ1) is 10.4. The van der Waals surface area contributed by atoms with Gasteiger partial charge in [-0.2, -0.15) is 0 Å². The summed E-state index contributed by atoms with van der Waals surface area (Å²) >= 11 is 0. The van der Waals surface area contributed by atoms with E-state index in [1.807, 2.05) is 0 Å². The SMILES string of the molecule is COC(=O)CC1CC[C@@H]2O[C@H]3COC(C)(C)O[C@H]3C(=O)[C@H]2O1. The number of methoxy groups -OCH3 is 1. The van der Waals surface area contributed by atoms with E-state index >= 15 is 0 Å². The monoisotopic (exact) mass is 314 g/mol. The predicted molar refractivity (Wildman–Crippen MR) is 73.1 cm³/mol. The molecule has 3 rings (SSSR count). The highest BCUT2D eigenvalue weighted by atomic mass is 16.7. The van der Waals surface area contributed by atoms with Crippen LogP contribution >= 0.6 is 0 Å². The van der Waals surface area contributed by atoms with Crippen LogP contribution in [0.5, 0.6) is 0 Å². The zero-order valence-corrected chi connectivity index (χ0v) is 13.1. The van der Waals surface area contributed by atoms with Gasteiger partial charge in [0.05, 0.1) is 32.3 Å². The van der Waals surface area contributed by atoms with Crippen molar-refractivity contribution in [3.63, 3.8) is 0 Å². The van der Waals surface area contributed by atoms with Crippen LogP contribution < -0.4 is 0 Å². The maximum atomic E-state index is 12.7. The molecule has 3 aliphatic rings. The van der Waals surface area contributed by atoms with Crippen LogP contribution in [-0.4, -0.2) is 61.8 Å². The molecule has 0 saturated carbocycles. The van der Waals surface area contributed by atoms with E-state index < -0.39 is 18.0 Å². The highest BCUT2D eigenvalue weighted by molar-refractivity contribution is 5.89. The first-order valence-corrected chi connectivity index (χ1v) is 7.63. The minimum absolute atomic E-state index is 0.118. The second-order valence-electron chi connectivity index (χ2n) is 6.40. The Morgan fingerprint density at radius 2 is 2.00 bits per heavy atom. The first kappa shape index (κ1) is 15.9. The molecule has 3 fully saturated rings. The molecule has 1 unspecified atom stereocenters. The number of ketones is 1. The molecule has 0 radical (unpaired) electrons. The van der Waals surface area contributed by atoms with Gasteiger partial charge in [-0.1, -0.05) is 0 Å². The Morgan fingerprint density at radius 1 is 1.23 bits per heavy atom. The number of carbonyl (C=O) groups excluding carboxylic acids is 2. The normalized spacial score (nSPS) is 40.5. The Bertz CT molecular complexity index is 461. The minimum atomic E-state index is -0.812. The Morgan fingerprint density at radius 3 is 2.73 bits per heavy atom. The lowest BCUT2D eigenvalue weighted by atomic mass is 9.89. The molecule has 3 aliphatic heterocycles. The molecule has 0 amide bonds. The van der Waals surface area contributed by atoms with Gasteiger partial charge in [0.2, 0.25) is 0 Å². The van der Waals surface area contributed by atoms with Gasteiger partial charge in [-0.15, -0.1) is 0 Å². The van der Waals surface area contributed by atoms with Gasteiger partial charge in [0, 0.05) is 0 Å². The average molecular weight is 314 g/mol. The number of ether oxygens (including phenoxy) is 5. The van der Waals surface area contributed by atoms with E-state index in [9.17, 15) is 9.59 Å². The van der Waals surface area contributed by atoms with E-state index in [2.05, 4.69) is 4.74 Å². The Kier molecular flexibility index (Phi) is 4.24. The third-order valence-electron chi connectivity index (χ3n) is 4.33. The lowest BCUT2D eigenvalue weighted by Gasteiger charge is -2.48. The summed E-state index contributed by atoms with van der Waals surface area (Å²) in [5.74, 6) is -1.27. The molecule has 124 valence electrons. The van der Waals surface area contributed by atoms with E-state index in [1.165, 1.54) is 7.11 Å². The number of hydrogen-bond donors (Lipinski definition) is 0. The summed E-state index contributed by atoms with van der Waals surface area (Å²) in [6.07, 6.45) is -0.875. The summed E-state index contributed by atoms with van der Waals surface area (Å²) in [4.78, 5) is 24.1. The molecule has 7 heteroatoms. The van der Waals surface area contributed by atoms with Gasteiger partial charge in [0.25, 0.3) is 0 Å². The van der Waals surface area contributed by atoms with Crippen molar-refractivity contribution in [1.29, 1.82) is 0 Å². The average Bonchev–Trinajstić information content (AvgIpc) is 2.48. The highest BCUT2D eigenvalue weighted by Gasteiger charge is 2.52. The third-order valence-corrected chi connectivity index (χ3v) is 4.33. The van der Waals surface area contributed by atoms with Gasteiger partial charge < -0.3 is 23.7 Å². The number of hydrogen-bond acceptors (Lipinski definition) is 7. The Hall–Kier alpha value is -1.02. The number of rotatable bonds is 2. The lowest BCUT2D eigenvalue weighted by molar-refractivity contribution is -0.327. The van der Waals surface area contributed by atoms with Gasteiger partial charge >= 0.3 is 5.97 Å². The molecule has 0 bridgehead atoms. The van der Waals surface area contributed by atoms with E-state index in [4.69, 9.17) is 18.9 Å². The maximum absolute atomic E-state index is 12.7. The molecule has 0 N–H and O–H groups in total.